The lowest BCUT2D eigenvalue weighted by Crippen LogP contribution is -2.60. The van der Waals surface area contributed by atoms with Gasteiger partial charge in [0.05, 0.1) is 7.11 Å². The van der Waals surface area contributed by atoms with Crippen LogP contribution in [-0.4, -0.2) is 66.2 Å². The van der Waals surface area contributed by atoms with Crippen molar-refractivity contribution in [2.45, 2.75) is 38.8 Å². The number of carbonyl (C=O) groups is 3. The lowest BCUT2D eigenvalue weighted by Gasteiger charge is -2.40. The Labute approximate surface area is 158 Å². The predicted molar refractivity (Wildman–Crippen MR) is 95.4 cm³/mol. The summed E-state index contributed by atoms with van der Waals surface area (Å²) in [5, 5.41) is 0. The molecule has 1 aromatic rings. The molecular formula is C19H25FN2O5. The zero-order valence-electron chi connectivity index (χ0n) is 16.0. The van der Waals surface area contributed by atoms with E-state index in [2.05, 4.69) is 4.74 Å². The average molecular weight is 380 g/mol. The number of amides is 2. The number of piperazine rings is 1. The second kappa shape index (κ2) is 8.37. The number of benzene rings is 1. The number of methoxy groups -OCH3 is 1. The van der Waals surface area contributed by atoms with Crippen LogP contribution < -0.4 is 0 Å². The molecule has 8 heteroatoms. The van der Waals surface area contributed by atoms with Crippen molar-refractivity contribution in [2.24, 2.45) is 0 Å². The standard InChI is InChI=1S/C19H25FN2O5/c1-19(2,3)27-18(25)22-10-9-21(12-16(23)26-4)17(24)15(22)11-13-5-7-14(20)8-6-13/h5-8,15H,9-12H2,1-4H3. The Morgan fingerprint density at radius 1 is 1.19 bits per heavy atom. The van der Waals surface area contributed by atoms with Gasteiger partial charge < -0.3 is 14.4 Å². The first-order valence-electron chi connectivity index (χ1n) is 8.70. The normalized spacial score (nSPS) is 17.7. The molecule has 0 aliphatic carbocycles. The molecule has 1 aliphatic heterocycles. The maximum absolute atomic E-state index is 13.2. The van der Waals surface area contributed by atoms with Gasteiger partial charge >= 0.3 is 12.1 Å². The van der Waals surface area contributed by atoms with Crippen molar-refractivity contribution in [3.05, 3.63) is 35.6 Å². The number of esters is 1. The van der Waals surface area contributed by atoms with Crippen molar-refractivity contribution >= 4 is 18.0 Å². The van der Waals surface area contributed by atoms with Gasteiger partial charge in [-0.15, -0.1) is 0 Å². The van der Waals surface area contributed by atoms with Crippen LogP contribution in [0, 0.1) is 5.82 Å². The first-order chi connectivity index (χ1) is 12.6. The molecule has 1 aliphatic rings. The minimum Gasteiger partial charge on any atom is -0.468 e. The van der Waals surface area contributed by atoms with E-state index in [1.165, 1.54) is 29.0 Å². The first-order valence-corrected chi connectivity index (χ1v) is 8.70. The number of rotatable bonds is 4. The number of ether oxygens (including phenoxy) is 2. The van der Waals surface area contributed by atoms with Gasteiger partial charge in [-0.25, -0.2) is 9.18 Å². The summed E-state index contributed by atoms with van der Waals surface area (Å²) < 4.78 is 23.2. The van der Waals surface area contributed by atoms with Gasteiger partial charge in [0.15, 0.2) is 0 Å². The lowest BCUT2D eigenvalue weighted by molar-refractivity contribution is -0.151. The molecule has 0 bridgehead atoms. The minimum atomic E-state index is -0.844. The fraction of sp³-hybridized carbons (Fsp3) is 0.526. The summed E-state index contributed by atoms with van der Waals surface area (Å²) in [6, 6.07) is 4.88. The third kappa shape index (κ3) is 5.67. The van der Waals surface area contributed by atoms with Gasteiger partial charge in [-0.2, -0.15) is 0 Å². The molecular weight excluding hydrogens is 355 g/mol. The van der Waals surface area contributed by atoms with Crippen molar-refractivity contribution in [3.63, 3.8) is 0 Å². The lowest BCUT2D eigenvalue weighted by atomic mass is 10.0. The molecule has 27 heavy (non-hydrogen) atoms. The van der Waals surface area contributed by atoms with Crippen molar-refractivity contribution < 1.29 is 28.2 Å². The third-order valence-corrected chi connectivity index (χ3v) is 4.10. The number of hydrogen-bond donors (Lipinski definition) is 0. The molecule has 0 N–H and O–H groups in total. The zero-order chi connectivity index (χ0) is 20.2. The monoisotopic (exact) mass is 380 g/mol. The van der Waals surface area contributed by atoms with E-state index in [-0.39, 0.29) is 37.8 Å². The molecule has 148 valence electrons. The van der Waals surface area contributed by atoms with Crippen LogP contribution in [0.4, 0.5) is 9.18 Å². The summed E-state index contributed by atoms with van der Waals surface area (Å²) in [7, 11) is 1.25. The van der Waals surface area contributed by atoms with Crippen molar-refractivity contribution in [1.82, 2.24) is 9.80 Å². The van der Waals surface area contributed by atoms with E-state index >= 15 is 0 Å². The molecule has 1 unspecified atom stereocenters. The van der Waals surface area contributed by atoms with E-state index in [1.54, 1.807) is 32.9 Å². The topological polar surface area (TPSA) is 76.2 Å². The number of carbonyl (C=O) groups excluding carboxylic acids is 3. The molecule has 1 saturated heterocycles. The van der Waals surface area contributed by atoms with Crippen LogP contribution in [0.2, 0.25) is 0 Å². The summed E-state index contributed by atoms with van der Waals surface area (Å²) in [5.74, 6) is -1.29. The van der Waals surface area contributed by atoms with E-state index in [9.17, 15) is 18.8 Å². The molecule has 0 aromatic heterocycles. The highest BCUT2D eigenvalue weighted by Crippen LogP contribution is 2.20. The molecule has 1 heterocycles. The fourth-order valence-corrected chi connectivity index (χ4v) is 2.80. The van der Waals surface area contributed by atoms with Crippen LogP contribution in [0.5, 0.6) is 0 Å². The van der Waals surface area contributed by atoms with Gasteiger partial charge in [0, 0.05) is 19.5 Å². The highest BCUT2D eigenvalue weighted by Gasteiger charge is 2.40. The van der Waals surface area contributed by atoms with E-state index < -0.39 is 23.7 Å². The molecule has 0 saturated carbocycles. The molecule has 2 rings (SSSR count). The summed E-state index contributed by atoms with van der Waals surface area (Å²) in [6.45, 7) is 5.48. The van der Waals surface area contributed by atoms with Crippen LogP contribution >= 0.6 is 0 Å². The van der Waals surface area contributed by atoms with E-state index in [0.717, 1.165) is 0 Å². The maximum Gasteiger partial charge on any atom is 0.411 e. The summed E-state index contributed by atoms with van der Waals surface area (Å²) in [4.78, 5) is 39.8. The SMILES string of the molecule is COC(=O)CN1CCN(C(=O)OC(C)(C)C)C(Cc2ccc(F)cc2)C1=O. The van der Waals surface area contributed by atoms with Crippen molar-refractivity contribution in [2.75, 3.05) is 26.7 Å². The molecule has 0 spiro atoms. The average Bonchev–Trinajstić information content (AvgIpc) is 2.58. The van der Waals surface area contributed by atoms with Crippen LogP contribution in [0.15, 0.2) is 24.3 Å². The predicted octanol–water partition coefficient (Wildman–Crippen LogP) is 1.99. The van der Waals surface area contributed by atoms with Crippen molar-refractivity contribution in [1.29, 1.82) is 0 Å². The summed E-state index contributed by atoms with van der Waals surface area (Å²) in [5.41, 5.74) is -0.00722. The van der Waals surface area contributed by atoms with Crippen LogP contribution in [0.25, 0.3) is 0 Å². The maximum atomic E-state index is 13.2. The highest BCUT2D eigenvalue weighted by atomic mass is 19.1. The fourth-order valence-electron chi connectivity index (χ4n) is 2.80. The largest absolute Gasteiger partial charge is 0.468 e. The van der Waals surface area contributed by atoms with Gasteiger partial charge in [0.25, 0.3) is 0 Å². The molecule has 0 radical (unpaired) electrons. The Balaban J connectivity index is 2.24. The van der Waals surface area contributed by atoms with E-state index in [0.29, 0.717) is 5.56 Å². The minimum absolute atomic E-state index is 0.183. The summed E-state index contributed by atoms with van der Waals surface area (Å²) >= 11 is 0. The molecule has 1 fully saturated rings. The van der Waals surface area contributed by atoms with Crippen molar-refractivity contribution in [3.8, 4) is 0 Å². The Bertz CT molecular complexity index is 699. The number of nitrogens with zero attached hydrogens (tertiary/aromatic N) is 2. The van der Waals surface area contributed by atoms with Gasteiger partial charge in [-0.1, -0.05) is 12.1 Å². The smallest absolute Gasteiger partial charge is 0.411 e. The number of halogens is 1. The Kier molecular flexibility index (Phi) is 6.41. The van der Waals surface area contributed by atoms with Crippen LogP contribution in [-0.2, 0) is 25.5 Å². The third-order valence-electron chi connectivity index (χ3n) is 4.10. The second-order valence-corrected chi connectivity index (χ2v) is 7.36. The van der Waals surface area contributed by atoms with E-state index in [1.807, 2.05) is 0 Å². The Hall–Kier alpha value is -2.64. The number of hydrogen-bond acceptors (Lipinski definition) is 5. The van der Waals surface area contributed by atoms with Gasteiger partial charge in [-0.05, 0) is 38.5 Å². The molecule has 1 aromatic carbocycles. The Morgan fingerprint density at radius 3 is 2.37 bits per heavy atom. The zero-order valence-corrected chi connectivity index (χ0v) is 16.0. The summed E-state index contributed by atoms with van der Waals surface area (Å²) in [6.07, 6.45) is -0.406. The molecule has 1 atom stereocenters. The first kappa shape index (κ1) is 20.7. The van der Waals surface area contributed by atoms with Gasteiger partial charge in [0.1, 0.15) is 24.0 Å². The van der Waals surface area contributed by atoms with E-state index in [4.69, 9.17) is 4.74 Å². The highest BCUT2D eigenvalue weighted by molar-refractivity contribution is 5.89. The van der Waals surface area contributed by atoms with Gasteiger partial charge in [0.2, 0.25) is 5.91 Å². The van der Waals surface area contributed by atoms with Crippen LogP contribution in [0.3, 0.4) is 0 Å². The second-order valence-electron chi connectivity index (χ2n) is 7.36. The molecule has 2 amide bonds. The quantitative estimate of drug-likeness (QED) is 0.747. The molecule has 7 nitrogen and oxygen atoms in total. The van der Waals surface area contributed by atoms with Gasteiger partial charge in [-0.3, -0.25) is 14.5 Å². The van der Waals surface area contributed by atoms with Crippen LogP contribution in [0.1, 0.15) is 26.3 Å². The Morgan fingerprint density at radius 2 is 1.81 bits per heavy atom.